The van der Waals surface area contributed by atoms with E-state index in [1.165, 1.54) is 0 Å². The Bertz CT molecular complexity index is 357. The van der Waals surface area contributed by atoms with Crippen LogP contribution in [0.4, 0.5) is 8.78 Å². The minimum Gasteiger partial charge on any atom is -0.325 e. The predicted octanol–water partition coefficient (Wildman–Crippen LogP) is 1.94. The van der Waals surface area contributed by atoms with E-state index in [0.29, 0.717) is 6.29 Å². The molecule has 1 aromatic heterocycles. The van der Waals surface area contributed by atoms with Crippen molar-refractivity contribution in [1.29, 1.82) is 0 Å². The molecule has 1 heterocycles. The topological polar surface area (TPSA) is 56.0 Å². The number of carbonyl (C=O) groups is 1. The second kappa shape index (κ2) is 4.43. The van der Waals surface area contributed by atoms with Gasteiger partial charge in [0, 0.05) is 12.1 Å². The van der Waals surface area contributed by atoms with Crippen molar-refractivity contribution in [2.75, 3.05) is 0 Å². The van der Waals surface area contributed by atoms with Crippen molar-refractivity contribution in [2.45, 2.75) is 13.0 Å². The summed E-state index contributed by atoms with van der Waals surface area (Å²) in [6.45, 7) is -0.0784. The first-order chi connectivity index (χ1) is 6.60. The van der Waals surface area contributed by atoms with E-state index < -0.39 is 12.1 Å². The molecule has 1 aromatic rings. The van der Waals surface area contributed by atoms with Crippen LogP contribution < -0.4 is 5.73 Å². The third-order valence-electron chi connectivity index (χ3n) is 1.64. The summed E-state index contributed by atoms with van der Waals surface area (Å²) < 4.78 is 24.6. The van der Waals surface area contributed by atoms with Gasteiger partial charge in [-0.05, 0) is 6.07 Å². The number of halogens is 3. The van der Waals surface area contributed by atoms with Crippen LogP contribution in [0, 0.1) is 0 Å². The molecule has 0 radical (unpaired) electrons. The molecule has 0 amide bonds. The minimum absolute atomic E-state index is 0.0784. The Morgan fingerprint density at radius 2 is 2.29 bits per heavy atom. The first kappa shape index (κ1) is 11.0. The Morgan fingerprint density at radius 1 is 1.64 bits per heavy atom. The summed E-state index contributed by atoms with van der Waals surface area (Å²) in [5.74, 6) is 0. The van der Waals surface area contributed by atoms with Crippen molar-refractivity contribution in [3.8, 4) is 0 Å². The molecular weight excluding hydrogens is 214 g/mol. The Balaban J connectivity index is 3.30. The van der Waals surface area contributed by atoms with Gasteiger partial charge in [-0.2, -0.15) is 0 Å². The summed E-state index contributed by atoms with van der Waals surface area (Å²) in [5, 5.41) is -0.223. The highest BCUT2D eigenvalue weighted by Gasteiger charge is 2.16. The van der Waals surface area contributed by atoms with Gasteiger partial charge in [-0.3, -0.25) is 4.79 Å². The molecule has 0 fully saturated rings. The molecule has 0 saturated heterocycles. The van der Waals surface area contributed by atoms with Gasteiger partial charge in [0.1, 0.15) is 5.69 Å². The lowest BCUT2D eigenvalue weighted by Gasteiger charge is -2.06. The molecule has 1 rings (SSSR count). The Hall–Kier alpha value is -1.07. The van der Waals surface area contributed by atoms with Gasteiger partial charge in [0.25, 0.3) is 6.43 Å². The van der Waals surface area contributed by atoms with Crippen LogP contribution in [-0.4, -0.2) is 11.3 Å². The molecule has 76 valence electrons. The smallest absolute Gasteiger partial charge is 0.281 e. The van der Waals surface area contributed by atoms with Crippen LogP contribution >= 0.6 is 11.6 Å². The second-order valence-electron chi connectivity index (χ2n) is 2.51. The van der Waals surface area contributed by atoms with Crippen LogP contribution in [0.3, 0.4) is 0 Å². The first-order valence-corrected chi connectivity index (χ1v) is 4.10. The normalized spacial score (nSPS) is 10.6. The maximum Gasteiger partial charge on any atom is 0.281 e. The van der Waals surface area contributed by atoms with E-state index in [9.17, 15) is 13.6 Å². The number of hydrogen-bond donors (Lipinski definition) is 1. The summed E-state index contributed by atoms with van der Waals surface area (Å²) in [6, 6.07) is 1.14. The molecule has 0 saturated carbocycles. The largest absolute Gasteiger partial charge is 0.325 e. The lowest BCUT2D eigenvalue weighted by atomic mass is 10.2. The molecule has 0 unspecified atom stereocenters. The number of aromatic nitrogens is 1. The van der Waals surface area contributed by atoms with Crippen molar-refractivity contribution < 1.29 is 13.6 Å². The highest BCUT2D eigenvalue weighted by Crippen LogP contribution is 2.26. The van der Waals surface area contributed by atoms with E-state index in [2.05, 4.69) is 4.98 Å². The molecule has 0 aliphatic carbocycles. The summed E-state index contributed by atoms with van der Waals surface area (Å²) in [5.41, 5.74) is 4.96. The van der Waals surface area contributed by atoms with Crippen LogP contribution in [0.1, 0.15) is 28.2 Å². The van der Waals surface area contributed by atoms with Crippen LogP contribution in [0.2, 0.25) is 5.02 Å². The minimum atomic E-state index is -2.77. The second-order valence-corrected chi connectivity index (χ2v) is 2.92. The zero-order valence-corrected chi connectivity index (χ0v) is 7.76. The molecule has 0 aliphatic rings. The van der Waals surface area contributed by atoms with E-state index in [4.69, 9.17) is 17.3 Å². The molecule has 2 N–H and O–H groups in total. The van der Waals surface area contributed by atoms with Crippen LogP contribution in [0.5, 0.6) is 0 Å². The lowest BCUT2D eigenvalue weighted by molar-refractivity contribution is 0.112. The van der Waals surface area contributed by atoms with E-state index in [1.807, 2.05) is 0 Å². The van der Waals surface area contributed by atoms with Gasteiger partial charge in [0.15, 0.2) is 6.29 Å². The van der Waals surface area contributed by atoms with Gasteiger partial charge in [0.2, 0.25) is 0 Å². The van der Waals surface area contributed by atoms with Crippen molar-refractivity contribution in [1.82, 2.24) is 4.98 Å². The standard InChI is InChI=1S/C8H7ClF2N2O/c9-5-1-4(3-14)6(2-12)13-7(5)8(10)11/h1,3,8H,2,12H2. The molecule has 0 aromatic carbocycles. The van der Waals surface area contributed by atoms with Gasteiger partial charge >= 0.3 is 0 Å². The van der Waals surface area contributed by atoms with Crippen LogP contribution in [0.25, 0.3) is 0 Å². The maximum absolute atomic E-state index is 12.3. The summed E-state index contributed by atoms with van der Waals surface area (Å²) >= 11 is 5.49. The zero-order chi connectivity index (χ0) is 10.7. The van der Waals surface area contributed by atoms with Crippen molar-refractivity contribution in [3.05, 3.63) is 28.0 Å². The number of pyridine rings is 1. The molecule has 0 spiro atoms. The summed E-state index contributed by atoms with van der Waals surface area (Å²) in [4.78, 5) is 14.0. The van der Waals surface area contributed by atoms with Crippen molar-refractivity contribution >= 4 is 17.9 Å². The third kappa shape index (κ3) is 2.05. The van der Waals surface area contributed by atoms with Gasteiger partial charge in [-0.15, -0.1) is 0 Å². The lowest BCUT2D eigenvalue weighted by Crippen LogP contribution is -2.07. The van der Waals surface area contributed by atoms with E-state index >= 15 is 0 Å². The number of carbonyl (C=O) groups excluding carboxylic acids is 1. The fraction of sp³-hybridized carbons (Fsp3) is 0.250. The van der Waals surface area contributed by atoms with Gasteiger partial charge < -0.3 is 5.73 Å². The number of hydrogen-bond acceptors (Lipinski definition) is 3. The van der Waals surface area contributed by atoms with Gasteiger partial charge in [-0.1, -0.05) is 11.6 Å². The highest BCUT2D eigenvalue weighted by molar-refractivity contribution is 6.31. The third-order valence-corrected chi connectivity index (χ3v) is 1.95. The van der Waals surface area contributed by atoms with Gasteiger partial charge in [-0.25, -0.2) is 13.8 Å². The van der Waals surface area contributed by atoms with E-state index in [0.717, 1.165) is 6.07 Å². The van der Waals surface area contributed by atoms with Crippen LogP contribution in [0.15, 0.2) is 6.07 Å². The highest BCUT2D eigenvalue weighted by atomic mass is 35.5. The van der Waals surface area contributed by atoms with Gasteiger partial charge in [0.05, 0.1) is 10.7 Å². The number of alkyl halides is 2. The molecule has 6 heteroatoms. The average molecular weight is 221 g/mol. The summed E-state index contributed by atoms with van der Waals surface area (Å²) in [6.07, 6.45) is -2.29. The Morgan fingerprint density at radius 3 is 2.71 bits per heavy atom. The maximum atomic E-state index is 12.3. The number of nitrogens with zero attached hydrogens (tertiary/aromatic N) is 1. The quantitative estimate of drug-likeness (QED) is 0.792. The molecule has 0 bridgehead atoms. The van der Waals surface area contributed by atoms with E-state index in [-0.39, 0.29) is 22.8 Å². The predicted molar refractivity (Wildman–Crippen MR) is 47.5 cm³/mol. The van der Waals surface area contributed by atoms with Crippen molar-refractivity contribution in [2.24, 2.45) is 5.73 Å². The molecule has 3 nitrogen and oxygen atoms in total. The molecule has 0 aliphatic heterocycles. The number of rotatable bonds is 3. The average Bonchev–Trinajstić information content (AvgIpc) is 2.16. The van der Waals surface area contributed by atoms with Crippen LogP contribution in [-0.2, 0) is 6.54 Å². The Labute approximate surface area is 83.9 Å². The first-order valence-electron chi connectivity index (χ1n) is 3.72. The molecule has 0 atom stereocenters. The molecular formula is C8H7ClF2N2O. The fourth-order valence-electron chi connectivity index (χ4n) is 0.976. The SMILES string of the molecule is NCc1nc(C(F)F)c(Cl)cc1C=O. The molecule has 14 heavy (non-hydrogen) atoms. The fourth-order valence-corrected chi connectivity index (χ4v) is 1.22. The zero-order valence-electron chi connectivity index (χ0n) is 7.01. The Kier molecular flexibility index (Phi) is 3.49. The van der Waals surface area contributed by atoms with Crippen molar-refractivity contribution in [3.63, 3.8) is 0 Å². The summed E-state index contributed by atoms with van der Waals surface area (Å²) in [7, 11) is 0. The van der Waals surface area contributed by atoms with E-state index in [1.54, 1.807) is 0 Å². The number of aldehydes is 1. The monoisotopic (exact) mass is 220 g/mol. The number of nitrogens with two attached hydrogens (primary N) is 1.